The lowest BCUT2D eigenvalue weighted by Crippen LogP contribution is -1.93. The zero-order chi connectivity index (χ0) is 10.6. The second kappa shape index (κ2) is 4.30. The third-order valence-electron chi connectivity index (χ3n) is 1.70. The van der Waals surface area contributed by atoms with Crippen LogP contribution in [0.2, 0.25) is 0 Å². The Labute approximate surface area is 81.2 Å². The average molecular weight is 194 g/mol. The summed E-state index contributed by atoms with van der Waals surface area (Å²) >= 11 is 0. The molecule has 0 radical (unpaired) electrons. The van der Waals surface area contributed by atoms with E-state index in [0.717, 1.165) is 0 Å². The minimum atomic E-state index is 0.341. The van der Waals surface area contributed by atoms with Crippen molar-refractivity contribution in [3.63, 3.8) is 0 Å². The van der Waals surface area contributed by atoms with E-state index in [1.54, 1.807) is 0 Å². The van der Waals surface area contributed by atoms with E-state index >= 15 is 0 Å². The first-order chi connectivity index (χ1) is 6.72. The third-order valence-corrected chi connectivity index (χ3v) is 1.70. The number of carbonyl (C=O) groups excluding carboxylic acids is 1. The van der Waals surface area contributed by atoms with Crippen LogP contribution in [0.5, 0.6) is 11.5 Å². The van der Waals surface area contributed by atoms with E-state index in [2.05, 4.69) is 4.99 Å². The van der Waals surface area contributed by atoms with Crippen molar-refractivity contribution >= 4 is 17.5 Å². The van der Waals surface area contributed by atoms with Gasteiger partial charge in [-0.3, -0.25) is 0 Å². The molecule has 74 valence electrons. The molecule has 0 unspecified atom stereocenters. The molecule has 5 nitrogen and oxygen atoms in total. The van der Waals surface area contributed by atoms with Crippen LogP contribution in [0.1, 0.15) is 0 Å². The molecule has 0 aliphatic carbocycles. The summed E-state index contributed by atoms with van der Waals surface area (Å²) in [6, 6.07) is 3.05. The van der Waals surface area contributed by atoms with Crippen LogP contribution in [0.3, 0.4) is 0 Å². The molecule has 0 aliphatic rings. The maximum atomic E-state index is 10.1. The highest BCUT2D eigenvalue weighted by molar-refractivity contribution is 5.68. The van der Waals surface area contributed by atoms with Gasteiger partial charge in [-0.25, -0.2) is 4.79 Å². The summed E-state index contributed by atoms with van der Waals surface area (Å²) in [7, 11) is 2.94. The first-order valence-electron chi connectivity index (χ1n) is 3.82. The summed E-state index contributed by atoms with van der Waals surface area (Å²) < 4.78 is 9.93. The number of hydrogen-bond acceptors (Lipinski definition) is 5. The number of isocyanates is 1. The standard InChI is InChI=1S/C9H10N2O3/c1-13-8-4-7(11-5-12)9(14-2)3-6(8)10/h3-4H,10H2,1-2H3. The van der Waals surface area contributed by atoms with E-state index in [1.165, 1.54) is 32.4 Å². The Bertz CT molecular complexity index is 384. The van der Waals surface area contributed by atoms with Crippen LogP contribution in [0.4, 0.5) is 11.4 Å². The van der Waals surface area contributed by atoms with Crippen molar-refractivity contribution in [2.75, 3.05) is 20.0 Å². The van der Waals surface area contributed by atoms with E-state index in [9.17, 15) is 4.79 Å². The number of methoxy groups -OCH3 is 2. The summed E-state index contributed by atoms with van der Waals surface area (Å²) in [5, 5.41) is 0. The molecule has 0 heterocycles. The fourth-order valence-electron chi connectivity index (χ4n) is 1.04. The molecule has 1 aromatic rings. The number of anilines is 1. The van der Waals surface area contributed by atoms with E-state index in [-0.39, 0.29) is 0 Å². The van der Waals surface area contributed by atoms with Crippen LogP contribution in [0, 0.1) is 0 Å². The third kappa shape index (κ3) is 1.84. The van der Waals surface area contributed by atoms with Crippen molar-refractivity contribution in [2.24, 2.45) is 4.99 Å². The molecule has 1 rings (SSSR count). The highest BCUT2D eigenvalue weighted by Crippen LogP contribution is 2.35. The van der Waals surface area contributed by atoms with E-state index in [4.69, 9.17) is 15.2 Å². The largest absolute Gasteiger partial charge is 0.495 e. The fraction of sp³-hybridized carbons (Fsp3) is 0.222. The summed E-state index contributed by atoms with van der Waals surface area (Å²) in [6.45, 7) is 0. The van der Waals surface area contributed by atoms with Crippen LogP contribution in [-0.4, -0.2) is 20.3 Å². The first kappa shape index (κ1) is 10.1. The van der Waals surface area contributed by atoms with Gasteiger partial charge in [0.15, 0.2) is 0 Å². The lowest BCUT2D eigenvalue weighted by atomic mass is 10.2. The highest BCUT2D eigenvalue weighted by Gasteiger charge is 2.07. The molecule has 0 atom stereocenters. The van der Waals surface area contributed by atoms with Crippen LogP contribution >= 0.6 is 0 Å². The van der Waals surface area contributed by atoms with Crippen molar-refractivity contribution in [1.29, 1.82) is 0 Å². The monoisotopic (exact) mass is 194 g/mol. The molecule has 2 N–H and O–H groups in total. The Morgan fingerprint density at radius 1 is 1.29 bits per heavy atom. The van der Waals surface area contributed by atoms with E-state index in [1.807, 2.05) is 0 Å². The number of benzene rings is 1. The lowest BCUT2D eigenvalue weighted by molar-refractivity contribution is 0.406. The Morgan fingerprint density at radius 2 is 1.93 bits per heavy atom. The number of nitrogens with zero attached hydrogens (tertiary/aromatic N) is 1. The SMILES string of the molecule is COc1cc(N=C=O)c(OC)cc1N. The van der Waals surface area contributed by atoms with Gasteiger partial charge in [-0.15, -0.1) is 0 Å². The van der Waals surface area contributed by atoms with Crippen molar-refractivity contribution in [2.45, 2.75) is 0 Å². The number of rotatable bonds is 3. The topological polar surface area (TPSA) is 73.9 Å². The van der Waals surface area contributed by atoms with Gasteiger partial charge >= 0.3 is 0 Å². The second-order valence-corrected chi connectivity index (χ2v) is 2.47. The Kier molecular flexibility index (Phi) is 3.09. The Balaban J connectivity index is 3.31. The van der Waals surface area contributed by atoms with Gasteiger partial charge in [0.2, 0.25) is 6.08 Å². The summed E-state index contributed by atoms with van der Waals surface area (Å²) in [5.74, 6) is 0.853. The number of aliphatic imine (C=N–C) groups is 1. The normalized spacial score (nSPS) is 9.00. The van der Waals surface area contributed by atoms with Crippen LogP contribution in [-0.2, 0) is 4.79 Å². The molecule has 0 saturated heterocycles. The van der Waals surface area contributed by atoms with Crippen LogP contribution in [0.25, 0.3) is 0 Å². The predicted molar refractivity (Wildman–Crippen MR) is 51.7 cm³/mol. The molecular formula is C9H10N2O3. The number of nitrogen functional groups attached to an aromatic ring is 1. The van der Waals surface area contributed by atoms with Crippen LogP contribution in [0.15, 0.2) is 17.1 Å². The minimum Gasteiger partial charge on any atom is -0.495 e. The molecular weight excluding hydrogens is 184 g/mol. The Hall–Kier alpha value is -2.00. The molecule has 0 fully saturated rings. The molecule has 5 heteroatoms. The second-order valence-electron chi connectivity index (χ2n) is 2.47. The zero-order valence-corrected chi connectivity index (χ0v) is 7.90. The Morgan fingerprint density at radius 3 is 2.43 bits per heavy atom. The van der Waals surface area contributed by atoms with Crippen molar-refractivity contribution < 1.29 is 14.3 Å². The molecule has 14 heavy (non-hydrogen) atoms. The van der Waals surface area contributed by atoms with Gasteiger partial charge in [0.1, 0.15) is 17.2 Å². The van der Waals surface area contributed by atoms with Gasteiger partial charge in [0.25, 0.3) is 0 Å². The van der Waals surface area contributed by atoms with Crippen molar-refractivity contribution in [3.05, 3.63) is 12.1 Å². The van der Waals surface area contributed by atoms with Gasteiger partial charge in [-0.1, -0.05) is 0 Å². The smallest absolute Gasteiger partial charge is 0.240 e. The summed E-state index contributed by atoms with van der Waals surface area (Å²) in [5.41, 5.74) is 6.39. The van der Waals surface area contributed by atoms with Gasteiger partial charge in [0.05, 0.1) is 19.9 Å². The summed E-state index contributed by atoms with van der Waals surface area (Å²) in [6.07, 6.45) is 1.43. The first-order valence-corrected chi connectivity index (χ1v) is 3.82. The van der Waals surface area contributed by atoms with E-state index < -0.39 is 0 Å². The van der Waals surface area contributed by atoms with Gasteiger partial charge in [0, 0.05) is 12.1 Å². The average Bonchev–Trinajstić information content (AvgIpc) is 2.20. The van der Waals surface area contributed by atoms with Gasteiger partial charge in [-0.05, 0) is 0 Å². The maximum Gasteiger partial charge on any atom is 0.240 e. The molecule has 0 amide bonds. The fourth-order valence-corrected chi connectivity index (χ4v) is 1.04. The molecule has 1 aromatic carbocycles. The van der Waals surface area contributed by atoms with Crippen molar-refractivity contribution in [3.8, 4) is 11.5 Å². The zero-order valence-electron chi connectivity index (χ0n) is 7.90. The molecule has 0 aliphatic heterocycles. The molecule has 0 bridgehead atoms. The molecule has 0 spiro atoms. The molecule has 0 saturated carbocycles. The predicted octanol–water partition coefficient (Wildman–Crippen LogP) is 1.25. The van der Waals surface area contributed by atoms with E-state index in [0.29, 0.717) is 22.9 Å². The van der Waals surface area contributed by atoms with Gasteiger partial charge in [-0.2, -0.15) is 4.99 Å². The number of hydrogen-bond donors (Lipinski definition) is 1. The summed E-state index contributed by atoms with van der Waals surface area (Å²) in [4.78, 5) is 13.6. The maximum absolute atomic E-state index is 10.1. The molecule has 0 aromatic heterocycles. The van der Waals surface area contributed by atoms with Crippen LogP contribution < -0.4 is 15.2 Å². The number of ether oxygens (including phenoxy) is 2. The van der Waals surface area contributed by atoms with Crippen molar-refractivity contribution in [1.82, 2.24) is 0 Å². The van der Waals surface area contributed by atoms with Gasteiger partial charge < -0.3 is 15.2 Å². The number of nitrogens with two attached hydrogens (primary N) is 1. The quantitative estimate of drug-likeness (QED) is 0.446. The minimum absolute atomic E-state index is 0.341. The highest BCUT2D eigenvalue weighted by atomic mass is 16.5. The lowest BCUT2D eigenvalue weighted by Gasteiger charge is -2.08.